The van der Waals surface area contributed by atoms with Crippen LogP contribution in [0.3, 0.4) is 0 Å². The number of carbonyl (C=O) groups is 1. The Hall–Kier alpha value is -0.650. The van der Waals surface area contributed by atoms with Crippen LogP contribution in [0.15, 0.2) is 0 Å². The minimum Gasteiger partial charge on any atom is -0.468 e. The lowest BCUT2D eigenvalue weighted by atomic mass is 9.92. The molecule has 0 bridgehead atoms. The molecule has 1 heterocycles. The van der Waals surface area contributed by atoms with Gasteiger partial charge in [-0.05, 0) is 33.7 Å². The van der Waals surface area contributed by atoms with E-state index < -0.39 is 5.54 Å². The van der Waals surface area contributed by atoms with Crippen LogP contribution in [-0.4, -0.2) is 61.9 Å². The van der Waals surface area contributed by atoms with E-state index in [4.69, 9.17) is 9.47 Å². The summed E-state index contributed by atoms with van der Waals surface area (Å²) in [6.07, 6.45) is 0.734. The predicted molar refractivity (Wildman–Crippen MR) is 75.2 cm³/mol. The van der Waals surface area contributed by atoms with Gasteiger partial charge in [-0.2, -0.15) is 0 Å². The van der Waals surface area contributed by atoms with Gasteiger partial charge in [0.2, 0.25) is 0 Å². The van der Waals surface area contributed by atoms with Crippen LogP contribution in [0.5, 0.6) is 0 Å². The predicted octanol–water partition coefficient (Wildman–Crippen LogP) is 1.03. The van der Waals surface area contributed by atoms with Crippen LogP contribution >= 0.6 is 0 Å². The molecule has 0 aliphatic carbocycles. The summed E-state index contributed by atoms with van der Waals surface area (Å²) in [6, 6.07) is 0.703. The summed E-state index contributed by atoms with van der Waals surface area (Å²) in [5.41, 5.74) is -0.624. The van der Waals surface area contributed by atoms with E-state index in [1.54, 1.807) is 0 Å². The number of morpholine rings is 1. The first-order valence-electron chi connectivity index (χ1n) is 7.11. The van der Waals surface area contributed by atoms with Gasteiger partial charge in [-0.3, -0.25) is 9.69 Å². The zero-order valence-electron chi connectivity index (χ0n) is 12.9. The Morgan fingerprint density at radius 1 is 1.63 bits per heavy atom. The van der Waals surface area contributed by atoms with Crippen molar-refractivity contribution in [1.82, 2.24) is 10.2 Å². The van der Waals surface area contributed by atoms with Crippen LogP contribution in [0.2, 0.25) is 0 Å². The molecule has 112 valence electrons. The molecule has 19 heavy (non-hydrogen) atoms. The summed E-state index contributed by atoms with van der Waals surface area (Å²) in [5.74, 6) is -0.192. The van der Waals surface area contributed by atoms with Crippen molar-refractivity contribution in [2.45, 2.75) is 51.7 Å². The number of hydrogen-bond donors (Lipinski definition) is 1. The third-order valence-corrected chi connectivity index (χ3v) is 3.89. The fourth-order valence-corrected chi connectivity index (χ4v) is 2.95. The van der Waals surface area contributed by atoms with Crippen molar-refractivity contribution in [2.75, 3.05) is 33.4 Å². The van der Waals surface area contributed by atoms with E-state index in [9.17, 15) is 4.79 Å². The summed E-state index contributed by atoms with van der Waals surface area (Å²) in [4.78, 5) is 14.4. The normalized spacial score (nSPS) is 25.6. The maximum absolute atomic E-state index is 12.0. The van der Waals surface area contributed by atoms with Crippen molar-refractivity contribution in [1.29, 1.82) is 0 Å². The molecule has 0 spiro atoms. The van der Waals surface area contributed by atoms with Gasteiger partial charge in [0, 0.05) is 18.6 Å². The van der Waals surface area contributed by atoms with Gasteiger partial charge in [0.25, 0.3) is 0 Å². The van der Waals surface area contributed by atoms with Crippen molar-refractivity contribution in [3.63, 3.8) is 0 Å². The second-order valence-corrected chi connectivity index (χ2v) is 5.57. The number of rotatable bonds is 6. The molecule has 0 amide bonds. The number of carbonyl (C=O) groups excluding carboxylic acids is 1. The smallest absolute Gasteiger partial charge is 0.325 e. The molecule has 1 aliphatic rings. The third-order valence-electron chi connectivity index (χ3n) is 3.89. The first kappa shape index (κ1) is 16.4. The fourth-order valence-electron chi connectivity index (χ4n) is 2.95. The molecule has 0 radical (unpaired) electrons. The molecule has 5 heteroatoms. The highest BCUT2D eigenvalue weighted by Crippen LogP contribution is 2.21. The molecule has 1 fully saturated rings. The average Bonchev–Trinajstić information content (AvgIpc) is 2.38. The van der Waals surface area contributed by atoms with Crippen molar-refractivity contribution >= 4 is 5.97 Å². The SMILES string of the molecule is CCNC(C)(CC(C)N1CCOCC1C)C(=O)OC. The van der Waals surface area contributed by atoms with Gasteiger partial charge in [-0.15, -0.1) is 0 Å². The second kappa shape index (κ2) is 7.22. The quantitative estimate of drug-likeness (QED) is 0.732. The fraction of sp³-hybridized carbons (Fsp3) is 0.929. The molecule has 0 aromatic heterocycles. The van der Waals surface area contributed by atoms with Crippen LogP contribution in [-0.2, 0) is 14.3 Å². The topological polar surface area (TPSA) is 50.8 Å². The largest absolute Gasteiger partial charge is 0.468 e. The molecule has 1 aliphatic heterocycles. The molecule has 0 aromatic carbocycles. The number of methoxy groups -OCH3 is 1. The Morgan fingerprint density at radius 3 is 2.84 bits per heavy atom. The first-order chi connectivity index (χ1) is 8.94. The Balaban J connectivity index is 2.69. The first-order valence-corrected chi connectivity index (χ1v) is 7.11. The maximum Gasteiger partial charge on any atom is 0.325 e. The molecule has 0 aromatic rings. The van der Waals surface area contributed by atoms with Crippen molar-refractivity contribution in [3.8, 4) is 0 Å². The zero-order chi connectivity index (χ0) is 14.5. The highest BCUT2D eigenvalue weighted by molar-refractivity contribution is 5.80. The number of esters is 1. The van der Waals surface area contributed by atoms with Gasteiger partial charge in [-0.25, -0.2) is 0 Å². The average molecular weight is 272 g/mol. The molecule has 3 unspecified atom stereocenters. The highest BCUT2D eigenvalue weighted by Gasteiger charge is 2.37. The molecule has 5 nitrogen and oxygen atoms in total. The Kier molecular flexibility index (Phi) is 6.23. The Bertz CT molecular complexity index is 298. The number of nitrogens with zero attached hydrogens (tertiary/aromatic N) is 1. The van der Waals surface area contributed by atoms with E-state index in [-0.39, 0.29) is 5.97 Å². The molecule has 1 rings (SSSR count). The van der Waals surface area contributed by atoms with Crippen molar-refractivity contribution < 1.29 is 14.3 Å². The van der Waals surface area contributed by atoms with Crippen LogP contribution in [0.4, 0.5) is 0 Å². The molecule has 1 N–H and O–H groups in total. The van der Waals surface area contributed by atoms with Crippen LogP contribution in [0, 0.1) is 0 Å². The van der Waals surface area contributed by atoms with Gasteiger partial charge >= 0.3 is 5.97 Å². The van der Waals surface area contributed by atoms with E-state index in [0.717, 1.165) is 32.7 Å². The van der Waals surface area contributed by atoms with E-state index in [1.807, 2.05) is 13.8 Å². The van der Waals surface area contributed by atoms with Crippen molar-refractivity contribution in [2.24, 2.45) is 0 Å². The number of hydrogen-bond acceptors (Lipinski definition) is 5. The van der Waals surface area contributed by atoms with Crippen LogP contribution < -0.4 is 5.32 Å². The second-order valence-electron chi connectivity index (χ2n) is 5.57. The van der Waals surface area contributed by atoms with Crippen LogP contribution in [0.25, 0.3) is 0 Å². The molecular weight excluding hydrogens is 244 g/mol. The Labute approximate surface area is 116 Å². The lowest BCUT2D eigenvalue weighted by Gasteiger charge is -2.41. The third kappa shape index (κ3) is 4.16. The molecular formula is C14H28N2O3. The maximum atomic E-state index is 12.0. The molecule has 1 saturated heterocycles. The number of nitrogens with one attached hydrogen (secondary N) is 1. The molecule has 0 saturated carbocycles. The van der Waals surface area contributed by atoms with Gasteiger partial charge in [0.15, 0.2) is 0 Å². The summed E-state index contributed by atoms with van der Waals surface area (Å²) in [6.45, 7) is 11.5. The minimum absolute atomic E-state index is 0.192. The number of ether oxygens (including phenoxy) is 2. The highest BCUT2D eigenvalue weighted by atomic mass is 16.5. The lowest BCUT2D eigenvalue weighted by molar-refractivity contribution is -0.149. The van der Waals surface area contributed by atoms with E-state index in [1.165, 1.54) is 7.11 Å². The van der Waals surface area contributed by atoms with Gasteiger partial charge in [-0.1, -0.05) is 6.92 Å². The van der Waals surface area contributed by atoms with Gasteiger partial charge in [0.1, 0.15) is 5.54 Å². The summed E-state index contributed by atoms with van der Waals surface area (Å²) < 4.78 is 10.4. The van der Waals surface area contributed by atoms with E-state index in [0.29, 0.717) is 12.1 Å². The van der Waals surface area contributed by atoms with Crippen molar-refractivity contribution in [3.05, 3.63) is 0 Å². The zero-order valence-corrected chi connectivity index (χ0v) is 12.9. The summed E-state index contributed by atoms with van der Waals surface area (Å²) in [5, 5.41) is 3.26. The minimum atomic E-state index is -0.624. The van der Waals surface area contributed by atoms with Gasteiger partial charge < -0.3 is 14.8 Å². The van der Waals surface area contributed by atoms with Crippen LogP contribution in [0.1, 0.15) is 34.1 Å². The Morgan fingerprint density at radius 2 is 2.32 bits per heavy atom. The van der Waals surface area contributed by atoms with Gasteiger partial charge in [0.05, 0.1) is 20.3 Å². The standard InChI is InChI=1S/C14H28N2O3/c1-6-15-14(4,13(17)18-5)9-11(2)16-7-8-19-10-12(16)3/h11-12,15H,6-10H2,1-5H3. The summed E-state index contributed by atoms with van der Waals surface area (Å²) >= 11 is 0. The summed E-state index contributed by atoms with van der Waals surface area (Å²) in [7, 11) is 1.44. The van der Waals surface area contributed by atoms with E-state index >= 15 is 0 Å². The molecule has 3 atom stereocenters. The lowest BCUT2D eigenvalue weighted by Crippen LogP contribution is -2.56. The monoisotopic (exact) mass is 272 g/mol. The number of likely N-dealkylation sites (N-methyl/N-ethyl adjacent to an activating group) is 1. The van der Waals surface area contributed by atoms with E-state index in [2.05, 4.69) is 24.1 Å².